The van der Waals surface area contributed by atoms with E-state index in [0.29, 0.717) is 11.3 Å². The van der Waals surface area contributed by atoms with Crippen LogP contribution in [0.3, 0.4) is 0 Å². The summed E-state index contributed by atoms with van der Waals surface area (Å²) in [7, 11) is 0. The summed E-state index contributed by atoms with van der Waals surface area (Å²) < 4.78 is 9.64. The van der Waals surface area contributed by atoms with Crippen molar-refractivity contribution in [1.82, 2.24) is 0 Å². The van der Waals surface area contributed by atoms with Crippen molar-refractivity contribution in [3.63, 3.8) is 0 Å². The average molecular weight is 297 g/mol. The standard InChI is InChI=1S/C12H11NO6S/c14-11(19-10-5-6-18-12(10)15)7-20-9-3-1-8(2-4-9)13(16)17/h1-4,10H,5-7H2/t10-/m1/s1. The lowest BCUT2D eigenvalue weighted by Crippen LogP contribution is -2.23. The molecule has 20 heavy (non-hydrogen) atoms. The molecule has 0 spiro atoms. The molecule has 8 heteroatoms. The molecule has 1 aromatic carbocycles. The van der Waals surface area contributed by atoms with E-state index >= 15 is 0 Å². The normalized spacial score (nSPS) is 17.6. The Balaban J connectivity index is 1.81. The molecule has 2 rings (SSSR count). The molecule has 1 aromatic rings. The highest BCUT2D eigenvalue weighted by Crippen LogP contribution is 2.22. The summed E-state index contributed by atoms with van der Waals surface area (Å²) in [6.45, 7) is 0.270. The van der Waals surface area contributed by atoms with Crippen molar-refractivity contribution >= 4 is 29.4 Å². The van der Waals surface area contributed by atoms with Crippen LogP contribution in [0.5, 0.6) is 0 Å². The number of thioether (sulfide) groups is 1. The number of esters is 2. The number of nitro benzene ring substituents is 1. The molecule has 1 heterocycles. The zero-order valence-corrected chi connectivity index (χ0v) is 11.1. The van der Waals surface area contributed by atoms with E-state index in [1.165, 1.54) is 23.9 Å². The summed E-state index contributed by atoms with van der Waals surface area (Å²) >= 11 is 1.18. The second-order valence-corrected chi connectivity index (χ2v) is 5.02. The first-order chi connectivity index (χ1) is 9.56. The Labute approximate surface area is 118 Å². The van der Waals surface area contributed by atoms with Crippen LogP contribution in [-0.4, -0.2) is 35.3 Å². The Bertz CT molecular complexity index is 529. The fourth-order valence-electron chi connectivity index (χ4n) is 1.58. The van der Waals surface area contributed by atoms with Crippen LogP contribution in [0, 0.1) is 10.1 Å². The van der Waals surface area contributed by atoms with E-state index in [0.717, 1.165) is 0 Å². The molecule has 1 aliphatic rings. The monoisotopic (exact) mass is 297 g/mol. The van der Waals surface area contributed by atoms with Crippen molar-refractivity contribution in [2.75, 3.05) is 12.4 Å². The molecule has 106 valence electrons. The van der Waals surface area contributed by atoms with Crippen molar-refractivity contribution in [2.24, 2.45) is 0 Å². The quantitative estimate of drug-likeness (QED) is 0.352. The van der Waals surface area contributed by atoms with Gasteiger partial charge in [0.05, 0.1) is 17.3 Å². The van der Waals surface area contributed by atoms with Crippen LogP contribution in [0.2, 0.25) is 0 Å². The first kappa shape index (κ1) is 14.3. The lowest BCUT2D eigenvalue weighted by atomic mass is 10.3. The highest BCUT2D eigenvalue weighted by atomic mass is 32.2. The maximum absolute atomic E-state index is 11.5. The van der Waals surface area contributed by atoms with Gasteiger partial charge in [-0.15, -0.1) is 11.8 Å². The molecule has 0 radical (unpaired) electrons. The highest BCUT2D eigenvalue weighted by molar-refractivity contribution is 8.00. The third-order valence-corrected chi connectivity index (χ3v) is 3.55. The summed E-state index contributed by atoms with van der Waals surface area (Å²) in [4.78, 5) is 33.4. The molecule has 1 saturated heterocycles. The fraction of sp³-hybridized carbons (Fsp3) is 0.333. The molecule has 0 saturated carbocycles. The summed E-state index contributed by atoms with van der Waals surface area (Å²) in [5, 5.41) is 10.5. The number of nitro groups is 1. The van der Waals surface area contributed by atoms with Crippen LogP contribution in [0.4, 0.5) is 5.69 Å². The number of non-ortho nitro benzene ring substituents is 1. The molecular formula is C12H11NO6S. The van der Waals surface area contributed by atoms with Gasteiger partial charge in [0.2, 0.25) is 6.10 Å². The molecule has 0 N–H and O–H groups in total. The molecule has 0 aliphatic carbocycles. The van der Waals surface area contributed by atoms with E-state index in [4.69, 9.17) is 4.74 Å². The minimum Gasteiger partial charge on any atom is -0.463 e. The average Bonchev–Trinajstić information content (AvgIpc) is 2.82. The third kappa shape index (κ3) is 3.70. The topological polar surface area (TPSA) is 95.7 Å². The number of hydrogen-bond acceptors (Lipinski definition) is 7. The van der Waals surface area contributed by atoms with Crippen LogP contribution in [0.1, 0.15) is 6.42 Å². The van der Waals surface area contributed by atoms with Gasteiger partial charge in [-0.2, -0.15) is 0 Å². The Morgan fingerprint density at radius 1 is 1.45 bits per heavy atom. The second kappa shape index (κ2) is 6.38. The summed E-state index contributed by atoms with van der Waals surface area (Å²) in [5.41, 5.74) is -0.00868. The number of carbonyl (C=O) groups is 2. The van der Waals surface area contributed by atoms with Crippen LogP contribution in [0.25, 0.3) is 0 Å². The van der Waals surface area contributed by atoms with Crippen LogP contribution < -0.4 is 0 Å². The maximum Gasteiger partial charge on any atom is 0.347 e. The van der Waals surface area contributed by atoms with Crippen molar-refractivity contribution in [1.29, 1.82) is 0 Å². The van der Waals surface area contributed by atoms with Gasteiger partial charge in [0.1, 0.15) is 0 Å². The van der Waals surface area contributed by atoms with Gasteiger partial charge in [-0.3, -0.25) is 14.9 Å². The molecule has 0 bridgehead atoms. The number of carbonyl (C=O) groups excluding carboxylic acids is 2. The van der Waals surface area contributed by atoms with Crippen molar-refractivity contribution in [3.05, 3.63) is 34.4 Å². The van der Waals surface area contributed by atoms with Crippen LogP contribution in [-0.2, 0) is 19.1 Å². The molecular weight excluding hydrogens is 286 g/mol. The van der Waals surface area contributed by atoms with Crippen molar-refractivity contribution < 1.29 is 24.0 Å². The second-order valence-electron chi connectivity index (χ2n) is 3.97. The van der Waals surface area contributed by atoms with Gasteiger partial charge in [-0.05, 0) is 12.1 Å². The molecule has 1 aliphatic heterocycles. The molecule has 0 unspecified atom stereocenters. The SMILES string of the molecule is O=C(CSc1ccc([N+](=O)[O-])cc1)O[C@@H]1CCOC1=O. The van der Waals surface area contributed by atoms with Gasteiger partial charge >= 0.3 is 11.9 Å². The minimum atomic E-state index is -0.806. The van der Waals surface area contributed by atoms with Crippen LogP contribution >= 0.6 is 11.8 Å². The molecule has 0 amide bonds. The van der Waals surface area contributed by atoms with E-state index in [1.54, 1.807) is 12.1 Å². The predicted molar refractivity (Wildman–Crippen MR) is 69.3 cm³/mol. The molecule has 1 atom stereocenters. The number of benzene rings is 1. The number of ether oxygens (including phenoxy) is 2. The van der Waals surface area contributed by atoms with Crippen molar-refractivity contribution in [3.8, 4) is 0 Å². The number of nitrogens with zero attached hydrogens (tertiary/aromatic N) is 1. The lowest BCUT2D eigenvalue weighted by molar-refractivity contribution is -0.384. The summed E-state index contributed by atoms with van der Waals surface area (Å²) in [5.74, 6) is -1.00. The van der Waals surface area contributed by atoms with E-state index in [1.807, 2.05) is 0 Å². The smallest absolute Gasteiger partial charge is 0.347 e. The van der Waals surface area contributed by atoms with Crippen molar-refractivity contribution in [2.45, 2.75) is 17.4 Å². The maximum atomic E-state index is 11.5. The van der Waals surface area contributed by atoms with E-state index < -0.39 is 23.0 Å². The summed E-state index contributed by atoms with van der Waals surface area (Å²) in [6, 6.07) is 5.84. The lowest BCUT2D eigenvalue weighted by Gasteiger charge is -2.07. The van der Waals surface area contributed by atoms with Gasteiger partial charge in [0, 0.05) is 23.4 Å². The third-order valence-electron chi connectivity index (χ3n) is 2.57. The van der Waals surface area contributed by atoms with E-state index in [-0.39, 0.29) is 18.0 Å². The molecule has 1 fully saturated rings. The zero-order valence-electron chi connectivity index (χ0n) is 10.3. The van der Waals surface area contributed by atoms with E-state index in [9.17, 15) is 19.7 Å². The van der Waals surface area contributed by atoms with Gasteiger partial charge < -0.3 is 9.47 Å². The predicted octanol–water partition coefficient (Wildman–Crippen LogP) is 1.55. The zero-order chi connectivity index (χ0) is 14.5. The number of cyclic esters (lactones) is 1. The first-order valence-electron chi connectivity index (χ1n) is 5.79. The summed E-state index contributed by atoms with van der Waals surface area (Å²) in [6.07, 6.45) is -0.424. The minimum absolute atomic E-state index is 0.00868. The Morgan fingerprint density at radius 3 is 2.70 bits per heavy atom. The number of rotatable bonds is 5. The fourth-order valence-corrected chi connectivity index (χ4v) is 2.26. The van der Waals surface area contributed by atoms with Gasteiger partial charge in [0.25, 0.3) is 5.69 Å². The first-order valence-corrected chi connectivity index (χ1v) is 6.78. The largest absolute Gasteiger partial charge is 0.463 e. The Morgan fingerprint density at radius 2 is 2.15 bits per heavy atom. The highest BCUT2D eigenvalue weighted by Gasteiger charge is 2.29. The van der Waals surface area contributed by atoms with Gasteiger partial charge in [0.15, 0.2) is 0 Å². The molecule has 7 nitrogen and oxygen atoms in total. The molecule has 0 aromatic heterocycles. The Kier molecular flexibility index (Phi) is 4.57. The van der Waals surface area contributed by atoms with Gasteiger partial charge in [-0.25, -0.2) is 4.79 Å². The van der Waals surface area contributed by atoms with E-state index in [2.05, 4.69) is 4.74 Å². The Hall–Kier alpha value is -2.09. The van der Waals surface area contributed by atoms with Gasteiger partial charge in [-0.1, -0.05) is 0 Å². The van der Waals surface area contributed by atoms with Crippen LogP contribution in [0.15, 0.2) is 29.2 Å². The number of hydrogen-bond donors (Lipinski definition) is 0.